The van der Waals surface area contributed by atoms with Crippen molar-refractivity contribution in [3.63, 3.8) is 0 Å². The van der Waals surface area contributed by atoms with Crippen molar-refractivity contribution in [3.05, 3.63) is 58.0 Å². The van der Waals surface area contributed by atoms with E-state index in [1.807, 2.05) is 32.0 Å². The van der Waals surface area contributed by atoms with Crippen molar-refractivity contribution in [2.24, 2.45) is 0 Å². The van der Waals surface area contributed by atoms with E-state index in [2.05, 4.69) is 0 Å². The van der Waals surface area contributed by atoms with Crippen molar-refractivity contribution in [1.29, 1.82) is 0 Å². The summed E-state index contributed by atoms with van der Waals surface area (Å²) in [6.45, 7) is 8.83. The molecular formula is C18H20O4. The van der Waals surface area contributed by atoms with Gasteiger partial charge >= 0.3 is 5.97 Å². The molecule has 4 nitrogen and oxygen atoms in total. The molecule has 0 saturated carbocycles. The lowest BCUT2D eigenvalue weighted by Gasteiger charge is -2.14. The molecule has 0 radical (unpaired) electrons. The predicted molar refractivity (Wildman–Crippen MR) is 83.3 cm³/mol. The third-order valence-electron chi connectivity index (χ3n) is 3.57. The first kappa shape index (κ1) is 16.0. The maximum Gasteiger partial charge on any atom is 0.342 e. The van der Waals surface area contributed by atoms with Crippen LogP contribution >= 0.6 is 0 Å². The first-order valence-corrected chi connectivity index (χ1v) is 7.19. The van der Waals surface area contributed by atoms with Crippen LogP contribution in [0.5, 0.6) is 0 Å². The Morgan fingerprint density at radius 3 is 2.32 bits per heavy atom. The van der Waals surface area contributed by atoms with Crippen LogP contribution in [0.15, 0.2) is 28.7 Å². The number of hydrogen-bond acceptors (Lipinski definition) is 4. The van der Waals surface area contributed by atoms with Gasteiger partial charge in [-0.15, -0.1) is 0 Å². The number of ether oxygens (including phenoxy) is 1. The van der Waals surface area contributed by atoms with E-state index in [0.717, 1.165) is 11.1 Å². The highest BCUT2D eigenvalue weighted by Gasteiger charge is 2.23. The summed E-state index contributed by atoms with van der Waals surface area (Å²) in [5.74, 6) is 0.389. The molecule has 2 rings (SSSR count). The summed E-state index contributed by atoms with van der Waals surface area (Å²) < 4.78 is 10.6. The molecular weight excluding hydrogens is 280 g/mol. The van der Waals surface area contributed by atoms with Crippen LogP contribution in [-0.4, -0.2) is 17.9 Å². The molecule has 1 heterocycles. The second-order valence-corrected chi connectivity index (χ2v) is 5.56. The molecule has 0 saturated heterocycles. The first-order chi connectivity index (χ1) is 10.3. The Balaban J connectivity index is 2.16. The third-order valence-corrected chi connectivity index (χ3v) is 3.57. The van der Waals surface area contributed by atoms with Crippen LogP contribution in [-0.2, 0) is 4.74 Å². The number of esters is 1. The van der Waals surface area contributed by atoms with E-state index in [9.17, 15) is 9.59 Å². The number of rotatable bonds is 4. The molecule has 0 amide bonds. The Labute approximate surface area is 130 Å². The second-order valence-electron chi connectivity index (χ2n) is 5.56. The predicted octanol–water partition coefficient (Wildman–Crippen LogP) is 3.94. The molecule has 0 unspecified atom stereocenters. The summed E-state index contributed by atoms with van der Waals surface area (Å²) in [6.07, 6.45) is -0.845. The fourth-order valence-corrected chi connectivity index (χ4v) is 2.33. The molecule has 0 aliphatic heterocycles. The van der Waals surface area contributed by atoms with Gasteiger partial charge in [0.15, 0.2) is 6.10 Å². The minimum absolute atomic E-state index is 0.201. The van der Waals surface area contributed by atoms with Crippen LogP contribution in [0.3, 0.4) is 0 Å². The minimum atomic E-state index is -0.845. The molecule has 22 heavy (non-hydrogen) atoms. The first-order valence-electron chi connectivity index (χ1n) is 7.19. The van der Waals surface area contributed by atoms with Gasteiger partial charge in [-0.2, -0.15) is 0 Å². The van der Waals surface area contributed by atoms with Crippen molar-refractivity contribution in [3.8, 4) is 0 Å². The number of benzene rings is 1. The van der Waals surface area contributed by atoms with Gasteiger partial charge in [-0.05, 0) is 52.3 Å². The Morgan fingerprint density at radius 1 is 1.05 bits per heavy atom. The number of carbonyl (C=O) groups excluding carboxylic acids is 2. The van der Waals surface area contributed by atoms with Crippen LogP contribution in [0, 0.1) is 27.7 Å². The zero-order valence-corrected chi connectivity index (χ0v) is 13.5. The Morgan fingerprint density at radius 2 is 1.73 bits per heavy atom. The molecule has 4 heteroatoms. The molecule has 1 atom stereocenters. The highest BCUT2D eigenvalue weighted by molar-refractivity contribution is 6.02. The summed E-state index contributed by atoms with van der Waals surface area (Å²) in [5, 5.41) is 0. The van der Waals surface area contributed by atoms with Crippen molar-refractivity contribution < 1.29 is 18.7 Å². The fourth-order valence-electron chi connectivity index (χ4n) is 2.33. The zero-order valence-electron chi connectivity index (χ0n) is 13.5. The highest BCUT2D eigenvalue weighted by atomic mass is 16.5. The van der Waals surface area contributed by atoms with Crippen LogP contribution in [0.4, 0.5) is 0 Å². The van der Waals surface area contributed by atoms with E-state index in [4.69, 9.17) is 9.15 Å². The topological polar surface area (TPSA) is 56.5 Å². The van der Waals surface area contributed by atoms with Gasteiger partial charge in [0.1, 0.15) is 17.1 Å². The quantitative estimate of drug-likeness (QED) is 0.634. The SMILES string of the molecule is Cc1ccc(C)c(C(=O)[C@@H](C)OC(=O)c2cc(C)oc2C)c1. The van der Waals surface area contributed by atoms with Gasteiger partial charge in [-0.3, -0.25) is 4.79 Å². The lowest BCUT2D eigenvalue weighted by Crippen LogP contribution is -2.25. The van der Waals surface area contributed by atoms with Gasteiger partial charge < -0.3 is 9.15 Å². The van der Waals surface area contributed by atoms with Gasteiger partial charge in [0.25, 0.3) is 0 Å². The summed E-state index contributed by atoms with van der Waals surface area (Å²) in [5.41, 5.74) is 2.81. The fraction of sp³-hybridized carbons (Fsp3) is 0.333. The monoisotopic (exact) mass is 300 g/mol. The molecule has 116 valence electrons. The molecule has 1 aromatic carbocycles. The Bertz CT molecular complexity index is 725. The van der Waals surface area contributed by atoms with E-state index in [0.29, 0.717) is 22.6 Å². The Hall–Kier alpha value is -2.36. The van der Waals surface area contributed by atoms with Gasteiger partial charge in [0.05, 0.1) is 0 Å². The van der Waals surface area contributed by atoms with Crippen molar-refractivity contribution in [2.45, 2.75) is 40.7 Å². The lowest BCUT2D eigenvalue weighted by molar-refractivity contribution is 0.0317. The van der Waals surface area contributed by atoms with Crippen molar-refractivity contribution >= 4 is 11.8 Å². The van der Waals surface area contributed by atoms with Gasteiger partial charge in [-0.1, -0.05) is 17.7 Å². The average Bonchev–Trinajstić information content (AvgIpc) is 2.79. The lowest BCUT2D eigenvalue weighted by atomic mass is 9.99. The van der Waals surface area contributed by atoms with Crippen LogP contribution < -0.4 is 0 Å². The summed E-state index contributed by atoms with van der Waals surface area (Å²) in [6, 6.07) is 7.27. The van der Waals surface area contributed by atoms with Crippen molar-refractivity contribution in [1.82, 2.24) is 0 Å². The molecule has 0 aliphatic carbocycles. The molecule has 0 bridgehead atoms. The zero-order chi connectivity index (χ0) is 16.4. The molecule has 0 fully saturated rings. The minimum Gasteiger partial charge on any atom is -0.466 e. The molecule has 0 spiro atoms. The smallest absolute Gasteiger partial charge is 0.342 e. The number of aryl methyl sites for hydroxylation is 4. The van der Waals surface area contributed by atoms with Gasteiger partial charge in [0, 0.05) is 5.56 Å². The third kappa shape index (κ3) is 3.27. The maximum absolute atomic E-state index is 12.5. The number of Topliss-reactive ketones (excluding diaryl/α,β-unsaturated/α-hetero) is 1. The normalized spacial score (nSPS) is 12.0. The summed E-state index contributed by atoms with van der Waals surface area (Å²) >= 11 is 0. The van der Waals surface area contributed by atoms with Crippen LogP contribution in [0.25, 0.3) is 0 Å². The van der Waals surface area contributed by atoms with Crippen LogP contribution in [0.2, 0.25) is 0 Å². The van der Waals surface area contributed by atoms with Gasteiger partial charge in [-0.25, -0.2) is 4.79 Å². The van der Waals surface area contributed by atoms with Crippen molar-refractivity contribution in [2.75, 3.05) is 0 Å². The second kappa shape index (κ2) is 6.18. The van der Waals surface area contributed by atoms with E-state index >= 15 is 0 Å². The summed E-state index contributed by atoms with van der Waals surface area (Å²) in [4.78, 5) is 24.6. The number of carbonyl (C=O) groups is 2. The van der Waals surface area contributed by atoms with E-state index < -0.39 is 12.1 Å². The molecule has 0 aliphatic rings. The average molecular weight is 300 g/mol. The Kier molecular flexibility index (Phi) is 4.50. The van der Waals surface area contributed by atoms with E-state index in [-0.39, 0.29) is 5.78 Å². The number of hydrogen-bond donors (Lipinski definition) is 0. The highest BCUT2D eigenvalue weighted by Crippen LogP contribution is 2.18. The number of furan rings is 1. The van der Waals surface area contributed by atoms with E-state index in [1.165, 1.54) is 0 Å². The largest absolute Gasteiger partial charge is 0.466 e. The molecule has 1 aromatic heterocycles. The maximum atomic E-state index is 12.5. The summed E-state index contributed by atoms with van der Waals surface area (Å²) in [7, 11) is 0. The van der Waals surface area contributed by atoms with Crippen LogP contribution in [0.1, 0.15) is 50.3 Å². The van der Waals surface area contributed by atoms with Gasteiger partial charge in [0.2, 0.25) is 5.78 Å². The standard InChI is InChI=1S/C18H20O4/c1-10-6-7-11(2)15(8-10)17(19)14(5)22-18(20)16-9-12(3)21-13(16)4/h6-9,14H,1-5H3/t14-/m1/s1. The number of ketones is 1. The van der Waals surface area contributed by atoms with E-state index in [1.54, 1.807) is 26.8 Å². The molecule has 2 aromatic rings. The molecule has 0 N–H and O–H groups in total.